The first kappa shape index (κ1) is 15.6. The molecule has 2 aliphatic heterocycles. The van der Waals surface area contributed by atoms with Crippen molar-refractivity contribution in [2.24, 2.45) is 5.92 Å². The Kier molecular flexibility index (Phi) is 3.88. The predicted molar refractivity (Wildman–Crippen MR) is 99.9 cm³/mol. The van der Waals surface area contributed by atoms with E-state index in [-0.39, 0.29) is 6.04 Å². The second kappa shape index (κ2) is 6.24. The molecule has 5 rings (SSSR count). The molecule has 1 saturated carbocycles. The third-order valence-electron chi connectivity index (χ3n) is 6.28. The highest BCUT2D eigenvalue weighted by Crippen LogP contribution is 2.39. The molecule has 25 heavy (non-hydrogen) atoms. The molecule has 1 aliphatic carbocycles. The number of hydrogen-bond donors (Lipinski definition) is 0. The number of carbonyl (C=O) groups is 1. The van der Waals surface area contributed by atoms with Crippen LogP contribution in [0.25, 0.3) is 10.2 Å². The van der Waals surface area contributed by atoms with Crippen molar-refractivity contribution in [3.8, 4) is 0 Å². The number of anilines is 1. The molecule has 5 nitrogen and oxygen atoms in total. The molecule has 0 bridgehead atoms. The first-order valence-corrected chi connectivity index (χ1v) is 10.5. The standard InChI is InChI=1S/C19H24N4OS/c24-19(23-11-13-5-2-1-3-6-15(13)23)16-7-4-9-22(16)17-14-8-10-25-18(14)21-12-20-17/h8,10,12-13,15-16H,1-7,9,11H2/t13-,15+,16+/m1/s1. The minimum absolute atomic E-state index is 0.0396. The first-order chi connectivity index (χ1) is 12.3. The van der Waals surface area contributed by atoms with Crippen molar-refractivity contribution in [2.75, 3.05) is 18.0 Å². The fraction of sp³-hybridized carbons (Fsp3) is 0.632. The molecule has 0 spiro atoms. The first-order valence-electron chi connectivity index (χ1n) is 9.58. The molecular weight excluding hydrogens is 332 g/mol. The molecule has 2 saturated heterocycles. The summed E-state index contributed by atoms with van der Waals surface area (Å²) in [5, 5.41) is 3.14. The molecule has 2 aromatic rings. The van der Waals surface area contributed by atoms with Crippen LogP contribution < -0.4 is 4.90 Å². The summed E-state index contributed by atoms with van der Waals surface area (Å²) < 4.78 is 0. The molecule has 6 heteroatoms. The lowest BCUT2D eigenvalue weighted by molar-refractivity contribution is -0.145. The van der Waals surface area contributed by atoms with Crippen molar-refractivity contribution in [2.45, 2.75) is 57.0 Å². The maximum atomic E-state index is 13.3. The average Bonchev–Trinajstić information content (AvgIpc) is 3.24. The van der Waals surface area contributed by atoms with Crippen molar-refractivity contribution < 1.29 is 4.79 Å². The van der Waals surface area contributed by atoms with Gasteiger partial charge < -0.3 is 9.80 Å². The molecule has 132 valence electrons. The van der Waals surface area contributed by atoms with Gasteiger partial charge in [-0.15, -0.1) is 11.3 Å². The Morgan fingerprint density at radius 2 is 2.04 bits per heavy atom. The highest BCUT2D eigenvalue weighted by atomic mass is 32.1. The number of rotatable bonds is 2. The summed E-state index contributed by atoms with van der Waals surface area (Å²) >= 11 is 1.64. The smallest absolute Gasteiger partial charge is 0.245 e. The van der Waals surface area contributed by atoms with Crippen LogP contribution in [0.2, 0.25) is 0 Å². The lowest BCUT2D eigenvalue weighted by Crippen LogP contribution is -2.62. The Morgan fingerprint density at radius 1 is 1.12 bits per heavy atom. The van der Waals surface area contributed by atoms with Crippen molar-refractivity contribution in [3.05, 3.63) is 17.8 Å². The highest BCUT2D eigenvalue weighted by molar-refractivity contribution is 7.16. The summed E-state index contributed by atoms with van der Waals surface area (Å²) in [4.78, 5) is 27.6. The minimum Gasteiger partial charge on any atom is -0.344 e. The third kappa shape index (κ3) is 2.53. The summed E-state index contributed by atoms with van der Waals surface area (Å²) in [5.41, 5.74) is 0. The largest absolute Gasteiger partial charge is 0.344 e. The summed E-state index contributed by atoms with van der Waals surface area (Å²) in [6, 6.07) is 2.55. The number of likely N-dealkylation sites (tertiary alicyclic amines) is 1. The summed E-state index contributed by atoms with van der Waals surface area (Å²) in [5.74, 6) is 2.03. The molecular formula is C19H24N4OS. The Labute approximate surface area is 152 Å². The van der Waals surface area contributed by atoms with E-state index in [1.807, 2.05) is 0 Å². The molecule has 0 N–H and O–H groups in total. The van der Waals surface area contributed by atoms with E-state index in [1.165, 1.54) is 32.1 Å². The average molecular weight is 356 g/mol. The molecule has 1 amide bonds. The van der Waals surface area contributed by atoms with Crippen LogP contribution in [0, 0.1) is 5.92 Å². The topological polar surface area (TPSA) is 49.3 Å². The zero-order chi connectivity index (χ0) is 16.8. The number of carbonyl (C=O) groups excluding carboxylic acids is 1. The monoisotopic (exact) mass is 356 g/mol. The van der Waals surface area contributed by atoms with Crippen molar-refractivity contribution >= 4 is 33.3 Å². The van der Waals surface area contributed by atoms with Crippen LogP contribution in [0.3, 0.4) is 0 Å². The number of amides is 1. The van der Waals surface area contributed by atoms with Crippen LogP contribution in [0.5, 0.6) is 0 Å². The van der Waals surface area contributed by atoms with Gasteiger partial charge in [-0.05, 0) is 43.0 Å². The van der Waals surface area contributed by atoms with Crippen LogP contribution in [-0.2, 0) is 4.79 Å². The number of thiophene rings is 1. The maximum absolute atomic E-state index is 13.3. The normalized spacial score (nSPS) is 29.4. The third-order valence-corrected chi connectivity index (χ3v) is 7.10. The van der Waals surface area contributed by atoms with E-state index in [0.29, 0.717) is 11.9 Å². The van der Waals surface area contributed by atoms with Gasteiger partial charge in [0.2, 0.25) is 5.91 Å². The van der Waals surface area contributed by atoms with Crippen LogP contribution in [0.15, 0.2) is 17.8 Å². The SMILES string of the molecule is O=C([C@@H]1CCCN1c1ncnc2sccc12)N1C[C@H]2CCCCC[C@@H]21. The van der Waals surface area contributed by atoms with Crippen molar-refractivity contribution in [3.63, 3.8) is 0 Å². The molecule has 3 fully saturated rings. The Balaban J connectivity index is 1.40. The lowest BCUT2D eigenvalue weighted by atomic mass is 9.84. The van der Waals surface area contributed by atoms with Gasteiger partial charge in [-0.1, -0.05) is 19.3 Å². The molecule has 4 heterocycles. The van der Waals surface area contributed by atoms with Gasteiger partial charge in [0.15, 0.2) is 0 Å². The van der Waals surface area contributed by atoms with E-state index in [0.717, 1.165) is 47.9 Å². The quantitative estimate of drug-likeness (QED) is 0.827. The molecule has 2 aromatic heterocycles. The highest BCUT2D eigenvalue weighted by Gasteiger charge is 2.46. The summed E-state index contributed by atoms with van der Waals surface area (Å²) in [7, 11) is 0. The van der Waals surface area contributed by atoms with Crippen molar-refractivity contribution in [1.82, 2.24) is 14.9 Å². The number of fused-ring (bicyclic) bond motifs is 2. The van der Waals surface area contributed by atoms with Gasteiger partial charge in [-0.25, -0.2) is 9.97 Å². The van der Waals surface area contributed by atoms with Crippen LogP contribution in [0.4, 0.5) is 5.82 Å². The van der Waals surface area contributed by atoms with E-state index < -0.39 is 0 Å². The summed E-state index contributed by atoms with van der Waals surface area (Å²) in [6.07, 6.45) is 10.1. The molecule has 3 aliphatic rings. The van der Waals surface area contributed by atoms with Gasteiger partial charge in [0, 0.05) is 19.1 Å². The number of aromatic nitrogens is 2. The lowest BCUT2D eigenvalue weighted by Gasteiger charge is -2.49. The van der Waals surface area contributed by atoms with E-state index >= 15 is 0 Å². The van der Waals surface area contributed by atoms with Crippen LogP contribution >= 0.6 is 11.3 Å². The molecule has 0 radical (unpaired) electrons. The van der Waals surface area contributed by atoms with E-state index in [1.54, 1.807) is 17.7 Å². The number of nitrogens with zero attached hydrogens (tertiary/aromatic N) is 4. The van der Waals surface area contributed by atoms with E-state index in [4.69, 9.17) is 0 Å². The predicted octanol–water partition coefficient (Wildman–Crippen LogP) is 3.45. The molecule has 3 atom stereocenters. The van der Waals surface area contributed by atoms with Gasteiger partial charge in [-0.2, -0.15) is 0 Å². The van der Waals surface area contributed by atoms with Gasteiger partial charge in [0.1, 0.15) is 23.0 Å². The van der Waals surface area contributed by atoms with Crippen molar-refractivity contribution in [1.29, 1.82) is 0 Å². The van der Waals surface area contributed by atoms with Gasteiger partial charge >= 0.3 is 0 Å². The number of hydrogen-bond acceptors (Lipinski definition) is 5. The zero-order valence-electron chi connectivity index (χ0n) is 14.4. The Hall–Kier alpha value is -1.69. The summed E-state index contributed by atoms with van der Waals surface area (Å²) in [6.45, 7) is 1.89. The van der Waals surface area contributed by atoms with Crippen LogP contribution in [-0.4, -0.2) is 45.9 Å². The van der Waals surface area contributed by atoms with Gasteiger partial charge in [0.05, 0.1) is 5.39 Å². The fourth-order valence-electron chi connectivity index (χ4n) is 4.97. The van der Waals surface area contributed by atoms with Crippen LogP contribution in [0.1, 0.15) is 44.9 Å². The minimum atomic E-state index is -0.0396. The second-order valence-corrected chi connectivity index (χ2v) is 8.54. The zero-order valence-corrected chi connectivity index (χ0v) is 15.2. The Bertz CT molecular complexity index is 791. The van der Waals surface area contributed by atoms with Gasteiger partial charge in [-0.3, -0.25) is 4.79 Å². The second-order valence-electron chi connectivity index (χ2n) is 7.64. The van der Waals surface area contributed by atoms with E-state index in [2.05, 4.69) is 31.2 Å². The fourth-order valence-corrected chi connectivity index (χ4v) is 5.69. The Morgan fingerprint density at radius 3 is 3.00 bits per heavy atom. The van der Waals surface area contributed by atoms with E-state index in [9.17, 15) is 4.79 Å². The molecule has 0 aromatic carbocycles. The maximum Gasteiger partial charge on any atom is 0.245 e. The van der Waals surface area contributed by atoms with Gasteiger partial charge in [0.25, 0.3) is 0 Å². The molecule has 0 unspecified atom stereocenters.